The highest BCUT2D eigenvalue weighted by Crippen LogP contribution is 2.24. The first-order valence-corrected chi connectivity index (χ1v) is 7.35. The number of methoxy groups -OCH3 is 1. The quantitative estimate of drug-likeness (QED) is 0.764. The van der Waals surface area contributed by atoms with E-state index in [0.29, 0.717) is 16.9 Å². The molecule has 0 heterocycles. The second kappa shape index (κ2) is 8.24. The van der Waals surface area contributed by atoms with Crippen LogP contribution in [0.15, 0.2) is 48.5 Å². The number of amides is 1. The topological polar surface area (TPSA) is 76.7 Å². The number of alkyl halides is 3. The van der Waals surface area contributed by atoms with Crippen LogP contribution < -0.4 is 15.4 Å². The number of ether oxygens (including phenoxy) is 2. The van der Waals surface area contributed by atoms with E-state index in [0.717, 1.165) is 12.1 Å². The van der Waals surface area contributed by atoms with Gasteiger partial charge in [0.15, 0.2) is 0 Å². The molecule has 0 atom stereocenters. The second-order valence-corrected chi connectivity index (χ2v) is 5.05. The molecule has 9 heteroatoms. The van der Waals surface area contributed by atoms with Gasteiger partial charge in [0.1, 0.15) is 5.75 Å². The van der Waals surface area contributed by atoms with Crippen molar-refractivity contribution in [1.29, 1.82) is 0 Å². The first-order chi connectivity index (χ1) is 12.3. The molecule has 138 valence electrons. The number of halogens is 3. The van der Waals surface area contributed by atoms with Gasteiger partial charge in [-0.1, -0.05) is 6.07 Å². The highest BCUT2D eigenvalue weighted by Gasteiger charge is 2.31. The molecule has 0 saturated carbocycles. The lowest BCUT2D eigenvalue weighted by atomic mass is 10.2. The smallest absolute Gasteiger partial charge is 0.465 e. The summed E-state index contributed by atoms with van der Waals surface area (Å²) in [5, 5.41) is 5.28. The van der Waals surface area contributed by atoms with Gasteiger partial charge in [-0.2, -0.15) is 0 Å². The molecule has 2 aromatic carbocycles. The van der Waals surface area contributed by atoms with Crippen molar-refractivity contribution in [3.63, 3.8) is 0 Å². The number of carbonyl (C=O) groups is 2. The summed E-state index contributed by atoms with van der Waals surface area (Å²) in [5.74, 6) is -1.30. The largest absolute Gasteiger partial charge is 0.573 e. The van der Waals surface area contributed by atoms with E-state index in [4.69, 9.17) is 0 Å². The van der Waals surface area contributed by atoms with E-state index in [2.05, 4.69) is 20.1 Å². The first-order valence-electron chi connectivity index (χ1n) is 7.35. The Balaban J connectivity index is 1.89. The number of benzene rings is 2. The van der Waals surface area contributed by atoms with Crippen molar-refractivity contribution in [2.45, 2.75) is 6.36 Å². The standard InChI is InChI=1S/C17H15F3N2O4/c1-25-16(24)11-5-7-12(8-6-11)22-15(23)10-21-13-3-2-4-14(9-13)26-17(18,19)20/h2-9,21H,10H2,1H3,(H,22,23). The van der Waals surface area contributed by atoms with Crippen LogP contribution in [-0.4, -0.2) is 31.9 Å². The van der Waals surface area contributed by atoms with E-state index in [1.807, 2.05) is 0 Å². The maximum Gasteiger partial charge on any atom is 0.573 e. The molecule has 0 saturated heterocycles. The lowest BCUT2D eigenvalue weighted by Gasteiger charge is -2.11. The van der Waals surface area contributed by atoms with Crippen molar-refractivity contribution < 1.29 is 32.2 Å². The molecule has 26 heavy (non-hydrogen) atoms. The molecule has 1 amide bonds. The fraction of sp³-hybridized carbons (Fsp3) is 0.176. The van der Waals surface area contributed by atoms with Gasteiger partial charge in [-0.25, -0.2) is 4.79 Å². The molecule has 0 fully saturated rings. The number of hydrogen-bond acceptors (Lipinski definition) is 5. The van der Waals surface area contributed by atoms with Crippen LogP contribution in [0.4, 0.5) is 24.5 Å². The lowest BCUT2D eigenvalue weighted by molar-refractivity contribution is -0.274. The number of nitrogens with one attached hydrogen (secondary N) is 2. The Morgan fingerprint density at radius 2 is 1.73 bits per heavy atom. The SMILES string of the molecule is COC(=O)c1ccc(NC(=O)CNc2cccc(OC(F)(F)F)c2)cc1. The summed E-state index contributed by atoms with van der Waals surface area (Å²) >= 11 is 0. The molecule has 0 aliphatic heterocycles. The Labute approximate surface area is 146 Å². The van der Waals surface area contributed by atoms with Crippen LogP contribution in [0, 0.1) is 0 Å². The summed E-state index contributed by atoms with van der Waals surface area (Å²) in [5.41, 5.74) is 1.09. The van der Waals surface area contributed by atoms with Crippen LogP contribution in [-0.2, 0) is 9.53 Å². The van der Waals surface area contributed by atoms with Crippen LogP contribution in [0.25, 0.3) is 0 Å². The Hall–Kier alpha value is -3.23. The highest BCUT2D eigenvalue weighted by molar-refractivity contribution is 5.95. The third kappa shape index (κ3) is 6.00. The zero-order valence-corrected chi connectivity index (χ0v) is 13.6. The molecule has 0 unspecified atom stereocenters. The molecular formula is C17H15F3N2O4. The Bertz CT molecular complexity index is 776. The van der Waals surface area contributed by atoms with Gasteiger partial charge in [-0.05, 0) is 36.4 Å². The second-order valence-electron chi connectivity index (χ2n) is 5.05. The Morgan fingerprint density at radius 1 is 1.04 bits per heavy atom. The zero-order chi connectivity index (χ0) is 19.2. The fourth-order valence-corrected chi connectivity index (χ4v) is 2.00. The van der Waals surface area contributed by atoms with Crippen molar-refractivity contribution in [2.75, 3.05) is 24.3 Å². The molecule has 0 aromatic heterocycles. The minimum Gasteiger partial charge on any atom is -0.465 e. The maximum absolute atomic E-state index is 12.2. The van der Waals surface area contributed by atoms with Crippen LogP contribution in [0.1, 0.15) is 10.4 Å². The predicted molar refractivity (Wildman–Crippen MR) is 88.0 cm³/mol. The molecule has 0 aliphatic carbocycles. The van der Waals surface area contributed by atoms with E-state index in [-0.39, 0.29) is 12.3 Å². The molecule has 2 N–H and O–H groups in total. The third-order valence-electron chi connectivity index (χ3n) is 3.11. The van der Waals surface area contributed by atoms with Gasteiger partial charge in [-0.15, -0.1) is 13.2 Å². The van der Waals surface area contributed by atoms with E-state index in [1.165, 1.54) is 43.5 Å². The fourth-order valence-electron chi connectivity index (χ4n) is 2.00. The highest BCUT2D eigenvalue weighted by atomic mass is 19.4. The van der Waals surface area contributed by atoms with Crippen LogP contribution >= 0.6 is 0 Å². The molecule has 0 aliphatic rings. The summed E-state index contributed by atoms with van der Waals surface area (Å²) in [4.78, 5) is 23.2. The molecule has 0 bridgehead atoms. The van der Waals surface area contributed by atoms with Gasteiger partial charge < -0.3 is 20.1 Å². The minimum absolute atomic E-state index is 0.172. The van der Waals surface area contributed by atoms with Crippen LogP contribution in [0.3, 0.4) is 0 Å². The van der Waals surface area contributed by atoms with E-state index in [1.54, 1.807) is 0 Å². The number of hydrogen-bond donors (Lipinski definition) is 2. The average Bonchev–Trinajstić information content (AvgIpc) is 2.59. The van der Waals surface area contributed by atoms with Gasteiger partial charge in [0.2, 0.25) is 5.91 Å². The summed E-state index contributed by atoms with van der Waals surface area (Å²) in [6.45, 7) is -0.172. The number of carbonyl (C=O) groups excluding carboxylic acids is 2. The predicted octanol–water partition coefficient (Wildman–Crippen LogP) is 3.42. The monoisotopic (exact) mass is 368 g/mol. The zero-order valence-electron chi connectivity index (χ0n) is 13.6. The number of esters is 1. The summed E-state index contributed by atoms with van der Waals surface area (Å²) in [7, 11) is 1.26. The van der Waals surface area contributed by atoms with Crippen molar-refractivity contribution >= 4 is 23.3 Å². The lowest BCUT2D eigenvalue weighted by Crippen LogP contribution is -2.22. The minimum atomic E-state index is -4.79. The summed E-state index contributed by atoms with van der Waals surface area (Å²) in [6.07, 6.45) is -4.79. The van der Waals surface area contributed by atoms with Crippen LogP contribution in [0.2, 0.25) is 0 Å². The molecular weight excluding hydrogens is 353 g/mol. The average molecular weight is 368 g/mol. The molecule has 6 nitrogen and oxygen atoms in total. The van der Waals surface area contributed by atoms with Crippen molar-refractivity contribution in [3.05, 3.63) is 54.1 Å². The van der Waals surface area contributed by atoms with E-state index >= 15 is 0 Å². The molecule has 0 radical (unpaired) electrons. The van der Waals surface area contributed by atoms with E-state index in [9.17, 15) is 22.8 Å². The summed E-state index contributed by atoms with van der Waals surface area (Å²) < 4.78 is 45.0. The molecule has 2 aromatic rings. The van der Waals surface area contributed by atoms with Crippen molar-refractivity contribution in [2.24, 2.45) is 0 Å². The van der Waals surface area contributed by atoms with Gasteiger partial charge in [-0.3, -0.25) is 4.79 Å². The van der Waals surface area contributed by atoms with Crippen molar-refractivity contribution in [1.82, 2.24) is 0 Å². The van der Waals surface area contributed by atoms with E-state index < -0.39 is 18.2 Å². The first kappa shape index (κ1) is 19.1. The molecule has 2 rings (SSSR count). The molecule has 0 spiro atoms. The normalized spacial score (nSPS) is 10.8. The number of anilines is 2. The van der Waals surface area contributed by atoms with Crippen molar-refractivity contribution in [3.8, 4) is 5.75 Å². The number of rotatable bonds is 6. The maximum atomic E-state index is 12.2. The Kier molecular flexibility index (Phi) is 6.05. The Morgan fingerprint density at radius 3 is 2.35 bits per heavy atom. The summed E-state index contributed by atoms with van der Waals surface area (Å²) in [6, 6.07) is 11.2. The van der Waals surface area contributed by atoms with Gasteiger partial charge in [0, 0.05) is 17.4 Å². The third-order valence-corrected chi connectivity index (χ3v) is 3.11. The van der Waals surface area contributed by atoms with Gasteiger partial charge in [0.25, 0.3) is 0 Å². The van der Waals surface area contributed by atoms with Gasteiger partial charge in [0.05, 0.1) is 19.2 Å². The van der Waals surface area contributed by atoms with Gasteiger partial charge >= 0.3 is 12.3 Å². The van der Waals surface area contributed by atoms with Crippen LogP contribution in [0.5, 0.6) is 5.75 Å².